The molecular weight excluding hydrogens is 344 g/mol. The summed E-state index contributed by atoms with van der Waals surface area (Å²) in [6.07, 6.45) is 1.30. The Kier molecular flexibility index (Phi) is 4.86. The predicted molar refractivity (Wildman–Crippen MR) is 92.9 cm³/mol. The van der Waals surface area contributed by atoms with Crippen LogP contribution in [0.2, 0.25) is 0 Å². The van der Waals surface area contributed by atoms with Gasteiger partial charge in [-0.2, -0.15) is 4.31 Å². The number of benzene rings is 1. The van der Waals surface area contributed by atoms with Gasteiger partial charge in [-0.25, -0.2) is 13.2 Å². The zero-order valence-corrected chi connectivity index (χ0v) is 15.1. The molecule has 1 aromatic carbocycles. The van der Waals surface area contributed by atoms with Crippen LogP contribution in [0.25, 0.3) is 11.0 Å². The number of fused-ring (bicyclic) bond motifs is 1. The van der Waals surface area contributed by atoms with Gasteiger partial charge in [0, 0.05) is 30.1 Å². The third-order valence-electron chi connectivity index (χ3n) is 4.50. The van der Waals surface area contributed by atoms with Crippen molar-refractivity contribution in [3.8, 4) is 0 Å². The Morgan fingerprint density at radius 1 is 1.36 bits per heavy atom. The lowest BCUT2D eigenvalue weighted by atomic mass is 10.1. The first kappa shape index (κ1) is 17.9. The first-order chi connectivity index (χ1) is 11.8. The molecular formula is C17H22N2O5S. The molecule has 0 unspecified atom stereocenters. The highest BCUT2D eigenvalue weighted by Gasteiger charge is 2.29. The highest BCUT2D eigenvalue weighted by molar-refractivity contribution is 7.89. The maximum absolute atomic E-state index is 12.9. The highest BCUT2D eigenvalue weighted by atomic mass is 32.2. The van der Waals surface area contributed by atoms with E-state index in [1.165, 1.54) is 10.4 Å². The molecule has 0 saturated carbocycles. The molecule has 8 heteroatoms. The molecule has 136 valence electrons. The van der Waals surface area contributed by atoms with E-state index in [0.717, 1.165) is 0 Å². The van der Waals surface area contributed by atoms with Crippen molar-refractivity contribution >= 4 is 27.0 Å². The molecule has 1 aliphatic heterocycles. The van der Waals surface area contributed by atoms with Gasteiger partial charge in [0.25, 0.3) is 0 Å². The number of esters is 1. The fraction of sp³-hybridized carbons (Fsp3) is 0.471. The molecule has 2 heterocycles. The first-order valence-corrected chi connectivity index (χ1v) is 9.74. The zero-order valence-electron chi connectivity index (χ0n) is 14.3. The molecule has 2 N–H and O–H groups in total. The summed E-state index contributed by atoms with van der Waals surface area (Å²) < 4.78 is 37.7. The van der Waals surface area contributed by atoms with Crippen molar-refractivity contribution in [3.63, 3.8) is 0 Å². The van der Waals surface area contributed by atoms with Crippen molar-refractivity contribution in [2.24, 2.45) is 5.73 Å². The van der Waals surface area contributed by atoms with E-state index in [2.05, 4.69) is 0 Å². The van der Waals surface area contributed by atoms with E-state index in [-0.39, 0.29) is 23.3 Å². The van der Waals surface area contributed by atoms with Crippen LogP contribution in [-0.2, 0) is 14.8 Å². The summed E-state index contributed by atoms with van der Waals surface area (Å²) in [4.78, 5) is 12.1. The maximum atomic E-state index is 12.9. The number of piperidine rings is 1. The summed E-state index contributed by atoms with van der Waals surface area (Å²) in [7, 11) is -3.59. The molecule has 1 aromatic heterocycles. The van der Waals surface area contributed by atoms with Crippen LogP contribution >= 0.6 is 0 Å². The van der Waals surface area contributed by atoms with Gasteiger partial charge in [0.15, 0.2) is 0 Å². The van der Waals surface area contributed by atoms with E-state index in [1.54, 1.807) is 26.0 Å². The number of nitrogens with zero attached hydrogens (tertiary/aromatic N) is 1. The Hall–Kier alpha value is -1.90. The smallest absolute Gasteiger partial charge is 0.374 e. The molecule has 25 heavy (non-hydrogen) atoms. The van der Waals surface area contributed by atoms with Crippen LogP contribution < -0.4 is 5.73 Å². The number of carbonyl (C=O) groups is 1. The van der Waals surface area contributed by atoms with E-state index in [9.17, 15) is 13.2 Å². The number of rotatable bonds is 4. The van der Waals surface area contributed by atoms with Gasteiger partial charge in [-0.1, -0.05) is 0 Å². The van der Waals surface area contributed by atoms with Crippen molar-refractivity contribution in [3.05, 3.63) is 29.5 Å². The SMILES string of the molecule is CCOC(=O)c1oc2ccc(S(=O)(=O)N3CCC(N)CC3)cc2c1C. The number of ether oxygens (including phenoxy) is 1. The summed E-state index contributed by atoms with van der Waals surface area (Å²) in [5.74, 6) is -0.444. The largest absolute Gasteiger partial charge is 0.460 e. The molecule has 0 aliphatic carbocycles. The molecule has 1 fully saturated rings. The van der Waals surface area contributed by atoms with Crippen molar-refractivity contribution in [2.45, 2.75) is 37.6 Å². The fourth-order valence-corrected chi connectivity index (χ4v) is 4.51. The van der Waals surface area contributed by atoms with Crippen LogP contribution in [0, 0.1) is 6.92 Å². The van der Waals surface area contributed by atoms with Crippen LogP contribution in [0.1, 0.15) is 35.9 Å². The van der Waals surface area contributed by atoms with Crippen LogP contribution in [0.4, 0.5) is 0 Å². The average molecular weight is 366 g/mol. The zero-order chi connectivity index (χ0) is 18.2. The number of furan rings is 1. The van der Waals surface area contributed by atoms with Gasteiger partial charge in [-0.15, -0.1) is 0 Å². The Labute approximate surface area is 146 Å². The summed E-state index contributed by atoms with van der Waals surface area (Å²) in [6, 6.07) is 4.69. The van der Waals surface area contributed by atoms with Gasteiger partial charge in [-0.05, 0) is 44.9 Å². The maximum Gasteiger partial charge on any atom is 0.374 e. The van der Waals surface area contributed by atoms with Gasteiger partial charge in [0.2, 0.25) is 15.8 Å². The summed E-state index contributed by atoms with van der Waals surface area (Å²) in [5.41, 5.74) is 6.88. The molecule has 3 rings (SSSR count). The summed E-state index contributed by atoms with van der Waals surface area (Å²) in [6.45, 7) is 4.51. The molecule has 0 atom stereocenters. The lowest BCUT2D eigenvalue weighted by Crippen LogP contribution is -2.42. The van der Waals surface area contributed by atoms with Crippen molar-refractivity contribution in [1.29, 1.82) is 0 Å². The van der Waals surface area contributed by atoms with Crippen LogP contribution in [0.5, 0.6) is 0 Å². The van der Waals surface area contributed by atoms with E-state index >= 15 is 0 Å². The Morgan fingerprint density at radius 2 is 2.04 bits per heavy atom. The highest BCUT2D eigenvalue weighted by Crippen LogP contribution is 2.30. The fourth-order valence-electron chi connectivity index (χ4n) is 3.02. The molecule has 0 bridgehead atoms. The van der Waals surface area contributed by atoms with E-state index in [4.69, 9.17) is 14.9 Å². The number of carbonyl (C=O) groups excluding carboxylic acids is 1. The third kappa shape index (κ3) is 3.29. The van der Waals surface area contributed by atoms with E-state index in [1.807, 2.05) is 0 Å². The third-order valence-corrected chi connectivity index (χ3v) is 6.40. The van der Waals surface area contributed by atoms with Crippen molar-refractivity contribution in [1.82, 2.24) is 4.31 Å². The van der Waals surface area contributed by atoms with Crippen molar-refractivity contribution in [2.75, 3.05) is 19.7 Å². The second kappa shape index (κ2) is 6.78. The van der Waals surface area contributed by atoms with E-state index in [0.29, 0.717) is 42.5 Å². The molecule has 0 spiro atoms. The van der Waals surface area contributed by atoms with E-state index < -0.39 is 16.0 Å². The lowest BCUT2D eigenvalue weighted by Gasteiger charge is -2.29. The molecule has 0 radical (unpaired) electrons. The second-order valence-electron chi connectivity index (χ2n) is 6.18. The Bertz CT molecular complexity index is 895. The van der Waals surface area contributed by atoms with Gasteiger partial charge in [0.1, 0.15) is 5.58 Å². The van der Waals surface area contributed by atoms with Crippen LogP contribution in [-0.4, -0.2) is 44.4 Å². The summed E-state index contributed by atoms with van der Waals surface area (Å²) in [5, 5.41) is 0.595. The number of hydrogen-bond donors (Lipinski definition) is 1. The molecule has 1 aliphatic rings. The molecule has 1 saturated heterocycles. The average Bonchev–Trinajstić information content (AvgIpc) is 2.92. The monoisotopic (exact) mass is 366 g/mol. The first-order valence-electron chi connectivity index (χ1n) is 8.30. The van der Waals surface area contributed by atoms with Crippen molar-refractivity contribution < 1.29 is 22.4 Å². The minimum Gasteiger partial charge on any atom is -0.460 e. The number of nitrogens with two attached hydrogens (primary N) is 1. The number of hydrogen-bond acceptors (Lipinski definition) is 6. The van der Waals surface area contributed by atoms with Gasteiger partial charge in [-0.3, -0.25) is 0 Å². The lowest BCUT2D eigenvalue weighted by molar-refractivity contribution is 0.0491. The van der Waals surface area contributed by atoms with Gasteiger partial charge >= 0.3 is 5.97 Å². The summed E-state index contributed by atoms with van der Waals surface area (Å²) >= 11 is 0. The molecule has 0 amide bonds. The molecule has 2 aromatic rings. The predicted octanol–water partition coefficient (Wildman–Crippen LogP) is 2.03. The Morgan fingerprint density at radius 3 is 2.68 bits per heavy atom. The van der Waals surface area contributed by atoms with Crippen LogP contribution in [0.3, 0.4) is 0 Å². The minimum atomic E-state index is -3.59. The topological polar surface area (TPSA) is 103 Å². The van der Waals surface area contributed by atoms with Gasteiger partial charge < -0.3 is 14.9 Å². The molecule has 7 nitrogen and oxygen atoms in total. The standard InChI is InChI=1S/C17H22N2O5S/c1-3-23-17(20)16-11(2)14-10-13(4-5-15(14)24-16)25(21,22)19-8-6-12(18)7-9-19/h4-5,10,12H,3,6-9,18H2,1-2H3. The van der Waals surface area contributed by atoms with Crippen LogP contribution in [0.15, 0.2) is 27.5 Å². The minimum absolute atomic E-state index is 0.0529. The normalized spacial score (nSPS) is 17.1. The second-order valence-corrected chi connectivity index (χ2v) is 8.11. The number of aryl methyl sites for hydroxylation is 1. The van der Waals surface area contributed by atoms with Gasteiger partial charge in [0.05, 0.1) is 11.5 Å². The Balaban J connectivity index is 1.98. The number of sulfonamides is 1. The quantitative estimate of drug-likeness (QED) is 0.831.